The Kier molecular flexibility index (Phi) is 5.95. The van der Waals surface area contributed by atoms with E-state index in [2.05, 4.69) is 10.3 Å². The number of carbonyl (C=O) groups excluding carboxylic acids is 2. The van der Waals surface area contributed by atoms with Gasteiger partial charge >= 0.3 is 5.97 Å². The highest BCUT2D eigenvalue weighted by molar-refractivity contribution is 6.21. The van der Waals surface area contributed by atoms with E-state index in [-0.39, 0.29) is 30.6 Å². The first kappa shape index (κ1) is 23.2. The molecule has 3 N–H and O–H groups in total. The monoisotopic (exact) mass is 467 g/mol. The minimum absolute atomic E-state index is 0.0630. The molecule has 2 heterocycles. The van der Waals surface area contributed by atoms with Gasteiger partial charge in [0.15, 0.2) is 11.6 Å². The van der Waals surface area contributed by atoms with Crippen molar-refractivity contribution < 1.29 is 28.3 Å². The fourth-order valence-corrected chi connectivity index (χ4v) is 4.29. The summed E-state index contributed by atoms with van der Waals surface area (Å²) in [4.78, 5) is 41.9. The van der Waals surface area contributed by atoms with Crippen LogP contribution in [0.3, 0.4) is 0 Å². The van der Waals surface area contributed by atoms with Gasteiger partial charge < -0.3 is 20.3 Å². The van der Waals surface area contributed by atoms with E-state index in [1.165, 1.54) is 17.2 Å². The number of para-hydroxylation sites is 1. The highest BCUT2D eigenvalue weighted by Crippen LogP contribution is 2.40. The number of aromatic nitrogens is 1. The molecule has 1 aromatic heterocycles. The predicted octanol–water partition coefficient (Wildman–Crippen LogP) is 3.81. The van der Waals surface area contributed by atoms with Gasteiger partial charge in [-0.15, -0.1) is 0 Å². The van der Waals surface area contributed by atoms with Crippen LogP contribution in [0.2, 0.25) is 0 Å². The number of carboxylic acids is 1. The summed E-state index contributed by atoms with van der Waals surface area (Å²) in [6.45, 7) is 3.92. The quantitative estimate of drug-likeness (QED) is 0.531. The number of H-pyrrole nitrogens is 1. The van der Waals surface area contributed by atoms with Crippen LogP contribution in [0.1, 0.15) is 41.9 Å². The predicted molar refractivity (Wildman–Crippen MR) is 122 cm³/mol. The summed E-state index contributed by atoms with van der Waals surface area (Å²) < 4.78 is 27.2. The van der Waals surface area contributed by atoms with Gasteiger partial charge in [0.05, 0.1) is 17.7 Å². The van der Waals surface area contributed by atoms with Gasteiger partial charge in [-0.3, -0.25) is 14.4 Å². The molecule has 1 aliphatic heterocycles. The third-order valence-electron chi connectivity index (χ3n) is 5.80. The van der Waals surface area contributed by atoms with Crippen LogP contribution in [0.5, 0.6) is 0 Å². The second kappa shape index (κ2) is 8.74. The molecule has 34 heavy (non-hydrogen) atoms. The number of benzene rings is 2. The maximum Gasteiger partial charge on any atom is 0.305 e. The lowest BCUT2D eigenvalue weighted by molar-refractivity contribution is -0.136. The fourth-order valence-electron chi connectivity index (χ4n) is 4.29. The number of carboxylic acid groups (broad SMARTS) is 1. The summed E-state index contributed by atoms with van der Waals surface area (Å²) in [6.07, 6.45) is 1.12. The number of halogens is 2. The van der Waals surface area contributed by atoms with Crippen LogP contribution >= 0.6 is 0 Å². The Bertz CT molecular complexity index is 1340. The second-order valence-corrected chi connectivity index (χ2v) is 8.81. The molecule has 1 aliphatic rings. The van der Waals surface area contributed by atoms with Crippen LogP contribution in [0.25, 0.3) is 16.5 Å². The summed E-state index contributed by atoms with van der Waals surface area (Å²) in [5, 5.41) is 12.4. The third-order valence-corrected chi connectivity index (χ3v) is 5.80. The van der Waals surface area contributed by atoms with E-state index >= 15 is 0 Å². The lowest BCUT2D eigenvalue weighted by Crippen LogP contribution is -2.37. The number of nitrogens with zero attached hydrogens (tertiary/aromatic N) is 1. The zero-order valence-electron chi connectivity index (χ0n) is 18.6. The van der Waals surface area contributed by atoms with E-state index in [1.54, 1.807) is 0 Å². The van der Waals surface area contributed by atoms with Gasteiger partial charge in [-0.05, 0) is 29.8 Å². The number of aromatic amines is 1. The standard InChI is InChI=1S/C25H23F2N3O4/c1-25(2)13-30(24(34)14-7-8-17(26)18(27)11-14)12-16(23(33)28-10-9-20(31)32)22-21(25)15-5-3-4-6-19(15)29-22/h3-8,11-12,29H,9-10,13H2,1-2H3,(H,28,33)(H,31,32). The molecule has 3 aromatic rings. The van der Waals surface area contributed by atoms with Gasteiger partial charge in [0.2, 0.25) is 0 Å². The molecule has 0 spiro atoms. The van der Waals surface area contributed by atoms with Crippen molar-refractivity contribution in [2.45, 2.75) is 25.7 Å². The highest BCUT2D eigenvalue weighted by atomic mass is 19.2. The minimum Gasteiger partial charge on any atom is -0.481 e. The van der Waals surface area contributed by atoms with Gasteiger partial charge in [-0.1, -0.05) is 32.0 Å². The topological polar surface area (TPSA) is 102 Å². The first-order valence-corrected chi connectivity index (χ1v) is 10.7. The minimum atomic E-state index is -1.15. The van der Waals surface area contributed by atoms with E-state index in [1.807, 2.05) is 38.1 Å². The largest absolute Gasteiger partial charge is 0.481 e. The summed E-state index contributed by atoms with van der Waals surface area (Å²) in [6, 6.07) is 10.4. The zero-order valence-corrected chi connectivity index (χ0v) is 18.6. The number of rotatable bonds is 5. The van der Waals surface area contributed by atoms with E-state index < -0.39 is 34.8 Å². The lowest BCUT2D eigenvalue weighted by Gasteiger charge is -2.29. The summed E-state index contributed by atoms with van der Waals surface area (Å²) in [5.74, 6) is -4.43. The van der Waals surface area contributed by atoms with Crippen LogP contribution in [-0.4, -0.2) is 45.9 Å². The van der Waals surface area contributed by atoms with Gasteiger partial charge in [0.1, 0.15) is 0 Å². The average molecular weight is 467 g/mol. The molecule has 0 fully saturated rings. The number of carbonyl (C=O) groups is 3. The van der Waals surface area contributed by atoms with Crippen molar-refractivity contribution in [3.05, 3.63) is 77.1 Å². The smallest absolute Gasteiger partial charge is 0.305 e. The molecule has 0 radical (unpaired) electrons. The number of hydrogen-bond donors (Lipinski definition) is 3. The van der Waals surface area contributed by atoms with Gasteiger partial charge in [0, 0.05) is 41.2 Å². The van der Waals surface area contributed by atoms with Crippen LogP contribution in [0.4, 0.5) is 8.78 Å². The van der Waals surface area contributed by atoms with E-state index in [4.69, 9.17) is 5.11 Å². The van der Waals surface area contributed by atoms with Gasteiger partial charge in [-0.25, -0.2) is 8.78 Å². The molecular formula is C25H23F2N3O4. The highest BCUT2D eigenvalue weighted by Gasteiger charge is 2.37. The SMILES string of the molecule is CC1(C)CN(C(=O)c2ccc(F)c(F)c2)C=C(C(=O)NCCC(=O)O)c2[nH]c3ccccc3c21. The molecule has 0 saturated carbocycles. The molecule has 4 rings (SSSR count). The normalized spacial score (nSPS) is 14.8. The molecule has 2 aromatic carbocycles. The number of nitrogens with one attached hydrogen (secondary N) is 2. The van der Waals surface area contributed by atoms with E-state index in [9.17, 15) is 23.2 Å². The molecule has 0 bridgehead atoms. The maximum absolute atomic E-state index is 13.8. The van der Waals surface area contributed by atoms with Crippen LogP contribution < -0.4 is 5.32 Å². The molecule has 0 unspecified atom stereocenters. The molecule has 0 aliphatic carbocycles. The van der Waals surface area contributed by atoms with Crippen molar-refractivity contribution in [3.8, 4) is 0 Å². The molecule has 2 amide bonds. The Morgan fingerprint density at radius 2 is 1.85 bits per heavy atom. The average Bonchev–Trinajstić information content (AvgIpc) is 3.12. The van der Waals surface area contributed by atoms with Crippen molar-refractivity contribution in [2.24, 2.45) is 0 Å². The Balaban J connectivity index is 1.83. The van der Waals surface area contributed by atoms with Crippen molar-refractivity contribution >= 4 is 34.3 Å². The number of hydrogen-bond acceptors (Lipinski definition) is 3. The van der Waals surface area contributed by atoms with Crippen molar-refractivity contribution in [2.75, 3.05) is 13.1 Å². The van der Waals surface area contributed by atoms with Crippen molar-refractivity contribution in [1.29, 1.82) is 0 Å². The molecule has 9 heteroatoms. The van der Waals surface area contributed by atoms with Crippen LogP contribution in [0.15, 0.2) is 48.7 Å². The summed E-state index contributed by atoms with van der Waals surface area (Å²) in [5.41, 5.74) is 1.58. The van der Waals surface area contributed by atoms with Crippen LogP contribution in [0, 0.1) is 11.6 Å². The van der Waals surface area contributed by atoms with Crippen molar-refractivity contribution in [3.63, 3.8) is 0 Å². The van der Waals surface area contributed by atoms with E-state index in [0.717, 1.165) is 28.6 Å². The molecule has 176 valence electrons. The molecule has 0 saturated heterocycles. The third kappa shape index (κ3) is 4.28. The van der Waals surface area contributed by atoms with Gasteiger partial charge in [0.25, 0.3) is 11.8 Å². The van der Waals surface area contributed by atoms with Crippen molar-refractivity contribution in [1.82, 2.24) is 15.2 Å². The Hall–Kier alpha value is -4.01. The first-order chi connectivity index (χ1) is 16.1. The summed E-state index contributed by atoms with van der Waals surface area (Å²) in [7, 11) is 0. The molecule has 0 atom stereocenters. The number of fused-ring (bicyclic) bond motifs is 3. The number of aliphatic carboxylic acids is 1. The fraction of sp³-hybridized carbons (Fsp3) is 0.240. The van der Waals surface area contributed by atoms with E-state index in [0.29, 0.717) is 5.69 Å². The molecule has 7 nitrogen and oxygen atoms in total. The lowest BCUT2D eigenvalue weighted by atomic mass is 9.81. The maximum atomic E-state index is 13.8. The Morgan fingerprint density at radius 1 is 1.12 bits per heavy atom. The first-order valence-electron chi connectivity index (χ1n) is 10.7. The molecular weight excluding hydrogens is 444 g/mol. The summed E-state index contributed by atoms with van der Waals surface area (Å²) >= 11 is 0. The van der Waals surface area contributed by atoms with Gasteiger partial charge in [-0.2, -0.15) is 0 Å². The van der Waals surface area contributed by atoms with Crippen LogP contribution in [-0.2, 0) is 15.0 Å². The Labute approximate surface area is 194 Å². The Morgan fingerprint density at radius 3 is 2.56 bits per heavy atom. The number of amides is 2. The zero-order chi connectivity index (χ0) is 24.6. The second-order valence-electron chi connectivity index (χ2n) is 8.81.